The molecule has 0 saturated carbocycles. The van der Waals surface area contributed by atoms with Gasteiger partial charge in [0.2, 0.25) is 5.91 Å². The molecule has 1 aromatic heterocycles. The number of amides is 1. The van der Waals surface area contributed by atoms with Crippen LogP contribution in [0, 0.1) is 13.8 Å². The number of para-hydroxylation sites is 1. The van der Waals surface area contributed by atoms with Crippen LogP contribution in [0.5, 0.6) is 0 Å². The monoisotopic (exact) mass is 333 g/mol. The number of hydrogen-bond acceptors (Lipinski definition) is 2. The highest BCUT2D eigenvalue weighted by Gasteiger charge is 2.07. The standard InChI is InChI=1S/C21H23N3O/c1-4-24-14-18(19-7-5-6-8-20(19)24)13-22-23-21(25)12-17-11-15(2)9-10-16(17)3/h5-11,13-14H,4,12H2,1-3H3,(H,23,25)/b22-13-. The van der Waals surface area contributed by atoms with Crippen LogP contribution < -0.4 is 5.43 Å². The second-order valence-electron chi connectivity index (χ2n) is 6.29. The maximum Gasteiger partial charge on any atom is 0.244 e. The Balaban J connectivity index is 1.71. The van der Waals surface area contributed by atoms with Gasteiger partial charge >= 0.3 is 0 Å². The van der Waals surface area contributed by atoms with Crippen LogP contribution in [-0.2, 0) is 17.8 Å². The van der Waals surface area contributed by atoms with Crippen LogP contribution in [0.4, 0.5) is 0 Å². The molecule has 1 N–H and O–H groups in total. The number of nitrogens with one attached hydrogen (secondary N) is 1. The van der Waals surface area contributed by atoms with Crippen LogP contribution in [0.25, 0.3) is 10.9 Å². The van der Waals surface area contributed by atoms with E-state index in [1.807, 2.05) is 38.1 Å². The summed E-state index contributed by atoms with van der Waals surface area (Å²) in [7, 11) is 0. The number of aryl methyl sites for hydroxylation is 3. The SMILES string of the molecule is CCn1cc(/C=N\NC(=O)Cc2cc(C)ccc2C)c2ccccc21. The van der Waals surface area contributed by atoms with E-state index in [4.69, 9.17) is 0 Å². The molecule has 0 saturated heterocycles. The summed E-state index contributed by atoms with van der Waals surface area (Å²) >= 11 is 0. The molecule has 4 nitrogen and oxygen atoms in total. The van der Waals surface area contributed by atoms with E-state index >= 15 is 0 Å². The average Bonchev–Trinajstić information content (AvgIpc) is 2.96. The summed E-state index contributed by atoms with van der Waals surface area (Å²) < 4.78 is 2.18. The highest BCUT2D eigenvalue weighted by atomic mass is 16.2. The number of aromatic nitrogens is 1. The van der Waals surface area contributed by atoms with Gasteiger partial charge in [-0.15, -0.1) is 0 Å². The molecule has 0 aliphatic carbocycles. The zero-order valence-electron chi connectivity index (χ0n) is 14.9. The summed E-state index contributed by atoms with van der Waals surface area (Å²) in [4.78, 5) is 12.2. The van der Waals surface area contributed by atoms with E-state index in [0.717, 1.165) is 34.2 Å². The maximum atomic E-state index is 12.2. The fourth-order valence-corrected chi connectivity index (χ4v) is 3.02. The number of hydrogen-bond donors (Lipinski definition) is 1. The Morgan fingerprint density at radius 3 is 2.80 bits per heavy atom. The quantitative estimate of drug-likeness (QED) is 0.557. The first-order valence-electron chi connectivity index (χ1n) is 8.54. The maximum absolute atomic E-state index is 12.2. The smallest absolute Gasteiger partial charge is 0.244 e. The molecule has 0 radical (unpaired) electrons. The number of rotatable bonds is 5. The van der Waals surface area contributed by atoms with Gasteiger partial charge in [0.25, 0.3) is 0 Å². The van der Waals surface area contributed by atoms with E-state index in [2.05, 4.69) is 46.4 Å². The van der Waals surface area contributed by atoms with Gasteiger partial charge in [-0.2, -0.15) is 5.10 Å². The molecule has 3 aromatic rings. The Morgan fingerprint density at radius 1 is 1.20 bits per heavy atom. The van der Waals surface area contributed by atoms with Crippen molar-refractivity contribution in [2.75, 3.05) is 0 Å². The van der Waals surface area contributed by atoms with Gasteiger partial charge in [0.1, 0.15) is 0 Å². The Hall–Kier alpha value is -2.88. The molecule has 0 unspecified atom stereocenters. The second kappa shape index (κ2) is 7.34. The second-order valence-corrected chi connectivity index (χ2v) is 6.29. The minimum atomic E-state index is -0.107. The van der Waals surface area contributed by atoms with Crippen LogP contribution in [0.3, 0.4) is 0 Å². The number of carbonyl (C=O) groups excluding carboxylic acids is 1. The summed E-state index contributed by atoms with van der Waals surface area (Å²) in [5.74, 6) is -0.107. The van der Waals surface area contributed by atoms with Crippen molar-refractivity contribution in [3.8, 4) is 0 Å². The van der Waals surface area contributed by atoms with Crippen LogP contribution in [0.1, 0.15) is 29.2 Å². The minimum absolute atomic E-state index is 0.107. The van der Waals surface area contributed by atoms with Crippen molar-refractivity contribution in [2.45, 2.75) is 33.7 Å². The van der Waals surface area contributed by atoms with Crippen LogP contribution in [-0.4, -0.2) is 16.7 Å². The summed E-state index contributed by atoms with van der Waals surface area (Å²) in [5, 5.41) is 5.29. The van der Waals surface area contributed by atoms with Crippen LogP contribution in [0.15, 0.2) is 53.8 Å². The Bertz CT molecular complexity index is 937. The van der Waals surface area contributed by atoms with E-state index in [9.17, 15) is 4.79 Å². The number of benzene rings is 2. The van der Waals surface area contributed by atoms with Gasteiger partial charge in [0.15, 0.2) is 0 Å². The van der Waals surface area contributed by atoms with E-state index in [0.29, 0.717) is 6.42 Å². The fourth-order valence-electron chi connectivity index (χ4n) is 3.02. The van der Waals surface area contributed by atoms with Gasteiger partial charge in [-0.05, 0) is 38.0 Å². The average molecular weight is 333 g/mol. The minimum Gasteiger partial charge on any atom is -0.347 e. The number of hydrazone groups is 1. The molecule has 2 aromatic carbocycles. The fraction of sp³-hybridized carbons (Fsp3) is 0.238. The van der Waals surface area contributed by atoms with Gasteiger partial charge in [0.05, 0.1) is 12.6 Å². The Kier molecular flexibility index (Phi) is 4.98. The van der Waals surface area contributed by atoms with Gasteiger partial charge < -0.3 is 4.57 Å². The molecule has 4 heteroatoms. The van der Waals surface area contributed by atoms with Crippen LogP contribution >= 0.6 is 0 Å². The molecule has 1 heterocycles. The largest absolute Gasteiger partial charge is 0.347 e. The van der Waals surface area contributed by atoms with Crippen molar-refractivity contribution in [3.05, 3.63) is 70.9 Å². The molecule has 0 atom stereocenters. The molecule has 128 valence electrons. The third kappa shape index (κ3) is 3.79. The third-order valence-corrected chi connectivity index (χ3v) is 4.41. The summed E-state index contributed by atoms with van der Waals surface area (Å²) in [6.07, 6.45) is 4.11. The van der Waals surface area contributed by atoms with Crippen LogP contribution in [0.2, 0.25) is 0 Å². The number of nitrogens with zero attached hydrogens (tertiary/aromatic N) is 2. The van der Waals surface area contributed by atoms with Gasteiger partial charge in [-0.25, -0.2) is 5.43 Å². The normalized spacial score (nSPS) is 11.3. The van der Waals surface area contributed by atoms with Crippen molar-refractivity contribution in [1.82, 2.24) is 9.99 Å². The van der Waals surface area contributed by atoms with Crippen molar-refractivity contribution < 1.29 is 4.79 Å². The first-order chi connectivity index (χ1) is 12.1. The molecule has 0 spiro atoms. The van der Waals surface area contributed by atoms with Crippen molar-refractivity contribution >= 4 is 23.0 Å². The molecular formula is C21H23N3O. The highest BCUT2D eigenvalue weighted by Crippen LogP contribution is 2.19. The van der Waals surface area contributed by atoms with Gasteiger partial charge in [-0.3, -0.25) is 4.79 Å². The zero-order chi connectivity index (χ0) is 17.8. The summed E-state index contributed by atoms with van der Waals surface area (Å²) in [6.45, 7) is 7.06. The van der Waals surface area contributed by atoms with Crippen molar-refractivity contribution in [3.63, 3.8) is 0 Å². The predicted molar refractivity (Wildman–Crippen MR) is 103 cm³/mol. The first kappa shape index (κ1) is 17.0. The molecule has 1 amide bonds. The topological polar surface area (TPSA) is 46.4 Å². The molecule has 25 heavy (non-hydrogen) atoms. The molecule has 0 aliphatic rings. The lowest BCUT2D eigenvalue weighted by atomic mass is 10.0. The predicted octanol–water partition coefficient (Wildman–Crippen LogP) is 3.97. The lowest BCUT2D eigenvalue weighted by molar-refractivity contribution is -0.120. The lowest BCUT2D eigenvalue weighted by Gasteiger charge is -2.05. The first-order valence-corrected chi connectivity index (χ1v) is 8.54. The van der Waals surface area contributed by atoms with E-state index in [1.54, 1.807) is 6.21 Å². The van der Waals surface area contributed by atoms with E-state index < -0.39 is 0 Å². The van der Waals surface area contributed by atoms with Crippen molar-refractivity contribution in [1.29, 1.82) is 0 Å². The molecule has 0 bridgehead atoms. The molecule has 0 fully saturated rings. The molecular weight excluding hydrogens is 310 g/mol. The highest BCUT2D eigenvalue weighted by molar-refractivity contribution is 5.99. The molecule has 0 aliphatic heterocycles. The van der Waals surface area contributed by atoms with Gasteiger partial charge in [-0.1, -0.05) is 42.0 Å². The third-order valence-electron chi connectivity index (χ3n) is 4.41. The summed E-state index contributed by atoms with van der Waals surface area (Å²) in [5.41, 5.74) is 8.13. The van der Waals surface area contributed by atoms with Gasteiger partial charge in [0, 0.05) is 29.2 Å². The Labute approximate surface area is 148 Å². The van der Waals surface area contributed by atoms with E-state index in [-0.39, 0.29) is 5.91 Å². The number of fused-ring (bicyclic) bond motifs is 1. The lowest BCUT2D eigenvalue weighted by Crippen LogP contribution is -2.20. The molecule has 3 rings (SSSR count). The van der Waals surface area contributed by atoms with E-state index in [1.165, 1.54) is 5.52 Å². The van der Waals surface area contributed by atoms with Crippen molar-refractivity contribution in [2.24, 2.45) is 5.10 Å². The Morgan fingerprint density at radius 2 is 2.00 bits per heavy atom. The number of carbonyl (C=O) groups is 1. The zero-order valence-corrected chi connectivity index (χ0v) is 14.9. The summed E-state index contributed by atoms with van der Waals surface area (Å²) in [6, 6.07) is 14.4.